The van der Waals surface area contributed by atoms with Crippen LogP contribution < -0.4 is 26.6 Å². The van der Waals surface area contributed by atoms with E-state index < -0.39 is 132 Å². The summed E-state index contributed by atoms with van der Waals surface area (Å²) >= 11 is 0. The molecule has 7 N–H and O–H groups in total. The highest BCUT2D eigenvalue weighted by Gasteiger charge is 2.44. The van der Waals surface area contributed by atoms with Crippen LogP contribution in [0.15, 0.2) is 42.5 Å². The zero-order chi connectivity index (χ0) is 70.0. The summed E-state index contributed by atoms with van der Waals surface area (Å²) in [6.45, 7) is 19.7. The number of unbranched alkanes of at least 4 members (excludes halogenated alkanes) is 1. The Labute approximate surface area is 548 Å². The number of amides is 10. The van der Waals surface area contributed by atoms with E-state index in [1.54, 1.807) is 81.9 Å². The summed E-state index contributed by atoms with van der Waals surface area (Å²) in [6, 6.07) is 1.43. The summed E-state index contributed by atoms with van der Waals surface area (Å²) < 4.78 is 17.6. The van der Waals surface area contributed by atoms with Gasteiger partial charge in [-0.2, -0.15) is 0 Å². The molecular weight excluding hydrogens is 1200 g/mol. The molecule has 27 nitrogen and oxygen atoms in total. The molecule has 10 amide bonds. The van der Waals surface area contributed by atoms with E-state index in [2.05, 4.69) is 26.6 Å². The number of hydrogen-bond acceptors (Lipinski definition) is 16. The van der Waals surface area contributed by atoms with E-state index in [1.807, 2.05) is 53.5 Å². The van der Waals surface area contributed by atoms with Crippen LogP contribution in [0.2, 0.25) is 0 Å². The van der Waals surface area contributed by atoms with Crippen molar-refractivity contribution in [2.24, 2.45) is 23.7 Å². The van der Waals surface area contributed by atoms with E-state index in [4.69, 9.17) is 14.2 Å². The summed E-state index contributed by atoms with van der Waals surface area (Å²) in [4.78, 5) is 167. The third-order valence-corrected chi connectivity index (χ3v) is 17.1. The lowest BCUT2D eigenvalue weighted by atomic mass is 9.89. The second kappa shape index (κ2) is 38.6. The van der Waals surface area contributed by atoms with E-state index >= 15 is 0 Å². The smallest absolute Gasteiger partial charge is 0.410 e. The fourth-order valence-electron chi connectivity index (χ4n) is 11.8. The lowest BCUT2D eigenvalue weighted by Gasteiger charge is -2.41. The number of hydrogen-bond donors (Lipinski definition) is 7. The summed E-state index contributed by atoms with van der Waals surface area (Å²) in [5.74, 6) is -9.38. The second-order valence-electron chi connectivity index (χ2n) is 26.1. The lowest BCUT2D eigenvalue weighted by Crippen LogP contribution is -2.60. The monoisotopic (exact) mass is 1310 g/mol. The van der Waals surface area contributed by atoms with Crippen molar-refractivity contribution >= 4 is 71.2 Å². The van der Waals surface area contributed by atoms with Crippen molar-refractivity contribution in [3.8, 4) is 0 Å². The minimum Gasteiger partial charge on any atom is -0.481 e. The third-order valence-electron chi connectivity index (χ3n) is 17.1. The van der Waals surface area contributed by atoms with Crippen LogP contribution in [0.25, 0.3) is 0 Å². The minimum atomic E-state index is -1.57. The van der Waals surface area contributed by atoms with Gasteiger partial charge in [0.05, 0.1) is 42.7 Å². The molecule has 1 saturated heterocycles. The van der Waals surface area contributed by atoms with Crippen LogP contribution >= 0.6 is 0 Å². The number of carbonyl (C=O) groups excluding carboxylic acids is 10. The summed E-state index contributed by atoms with van der Waals surface area (Å²) in [5, 5.41) is 33.2. The normalized spacial score (nSPS) is 17.3. The molecule has 1 aromatic carbocycles. The second-order valence-corrected chi connectivity index (χ2v) is 26.1. The molecule has 0 aliphatic carbocycles. The number of likely N-dealkylation sites (N-methyl/N-ethyl adjacent to an activating group) is 2. The van der Waals surface area contributed by atoms with Crippen LogP contribution in [-0.4, -0.2) is 234 Å². The van der Waals surface area contributed by atoms with Crippen LogP contribution in [0.3, 0.4) is 0 Å². The molecule has 0 aromatic heterocycles. The maximum atomic E-state index is 14.8. The first-order valence-electron chi connectivity index (χ1n) is 32.4. The van der Waals surface area contributed by atoms with Crippen molar-refractivity contribution in [3.63, 3.8) is 0 Å². The molecule has 3 rings (SSSR count). The quantitative estimate of drug-likeness (QED) is 0.0365. The summed E-state index contributed by atoms with van der Waals surface area (Å²) in [6.07, 6.45) is 1.17. The number of likely N-dealkylation sites (tertiary alicyclic amines) is 1. The zero-order valence-corrected chi connectivity index (χ0v) is 57.3. The first-order valence-corrected chi connectivity index (χ1v) is 32.4. The van der Waals surface area contributed by atoms with Gasteiger partial charge in [-0.1, -0.05) is 85.2 Å². The standard InChI is InChI=1S/C66H106N10O17/c1-16-42(6)57(74(13)63(87)55(40(2)3)71-62(86)56(41(4)5)72(11)34-23-35-73(12)65(90)93-66(8,9)10)49(91-14)39-53(80)75-36-22-27-48(75)58(92-15)43(7)59(83)70-47(38-44-24-18-17-19-25-44)61(85)68-45(28-31-54(81)82)60(84)69-46(64(88)89)26-20-21-33-67-50(77)32-37-76-51(78)29-30-52(76)79/h17-19,24-25,29-30,40-43,45-49,55-58H,16,20-23,26-28,31-39H2,1-15H3,(H,67,77)(H,68,85)(H,69,84)(H,70,83)(H,71,86)(H,81,82)(H,88,89)/t42-,43+,45-,46-,47-,48-,49+,55-,56-,57-,58+/m0/s1. The van der Waals surface area contributed by atoms with Gasteiger partial charge in [0.25, 0.3) is 11.8 Å². The molecule has 93 heavy (non-hydrogen) atoms. The molecule has 0 radical (unpaired) electrons. The Bertz CT molecular complexity index is 2700. The molecule has 1 fully saturated rings. The SMILES string of the molecule is CC[C@H](C)[C@@H]([C@@H](CC(=O)N1CCC[C@H]1[C@H](OC)[C@@H](C)C(=O)N[C@@H](Cc1ccccc1)C(=O)N[C@@H](CCC(=O)O)C(=O)N[C@@H](CCCCNC(=O)CCN1C(=O)C=CC1=O)C(=O)O)OC)N(C)C(=O)[C@@H](NC(=O)[C@H](C(C)C)N(C)CCCN(C)C(=O)OC(C)(C)C)C(C)C. The molecule has 2 aliphatic heterocycles. The predicted molar refractivity (Wildman–Crippen MR) is 345 cm³/mol. The van der Waals surface area contributed by atoms with Crippen LogP contribution in [0.1, 0.15) is 145 Å². The Morgan fingerprint density at radius 1 is 0.720 bits per heavy atom. The Kier molecular flexibility index (Phi) is 33.1. The molecule has 11 atom stereocenters. The number of aliphatic carboxylic acids is 2. The maximum Gasteiger partial charge on any atom is 0.410 e. The number of rotatable bonds is 40. The van der Waals surface area contributed by atoms with Crippen molar-refractivity contribution in [2.45, 2.75) is 206 Å². The van der Waals surface area contributed by atoms with Crippen LogP contribution in [0.5, 0.6) is 0 Å². The number of methoxy groups -OCH3 is 2. The Morgan fingerprint density at radius 2 is 1.33 bits per heavy atom. The molecule has 2 aliphatic rings. The number of benzene rings is 1. The van der Waals surface area contributed by atoms with Gasteiger partial charge in [0.1, 0.15) is 29.8 Å². The molecule has 0 spiro atoms. The van der Waals surface area contributed by atoms with Gasteiger partial charge in [-0.05, 0) is 96.1 Å². The van der Waals surface area contributed by atoms with Gasteiger partial charge in [0.15, 0.2) is 0 Å². The van der Waals surface area contributed by atoms with Gasteiger partial charge in [-0.15, -0.1) is 0 Å². The molecule has 2 heterocycles. The van der Waals surface area contributed by atoms with Gasteiger partial charge in [-0.3, -0.25) is 57.7 Å². The molecule has 1 aromatic rings. The third kappa shape index (κ3) is 25.4. The highest BCUT2D eigenvalue weighted by Crippen LogP contribution is 2.30. The van der Waals surface area contributed by atoms with Crippen molar-refractivity contribution < 1.29 is 82.0 Å². The largest absolute Gasteiger partial charge is 0.481 e. The number of carboxylic acid groups (broad SMARTS) is 2. The Hall–Kier alpha value is -7.52. The lowest BCUT2D eigenvalue weighted by molar-refractivity contribution is -0.148. The molecule has 0 saturated carbocycles. The number of nitrogens with one attached hydrogen (secondary N) is 5. The topological polar surface area (TPSA) is 349 Å². The summed E-state index contributed by atoms with van der Waals surface area (Å²) in [5.41, 5.74) is -0.0317. The molecule has 0 unspecified atom stereocenters. The van der Waals surface area contributed by atoms with Gasteiger partial charge in [0.2, 0.25) is 41.4 Å². The van der Waals surface area contributed by atoms with E-state index in [1.165, 1.54) is 19.1 Å². The van der Waals surface area contributed by atoms with Crippen molar-refractivity contribution in [1.82, 2.24) is 51.1 Å². The fraction of sp³-hybridized carbons (Fsp3) is 0.697. The number of carboxylic acids is 2. The zero-order valence-electron chi connectivity index (χ0n) is 57.3. The molecule has 522 valence electrons. The minimum absolute atomic E-state index is 0.0883. The van der Waals surface area contributed by atoms with Crippen molar-refractivity contribution in [3.05, 3.63) is 48.0 Å². The van der Waals surface area contributed by atoms with Gasteiger partial charge < -0.3 is 65.7 Å². The predicted octanol–water partition coefficient (Wildman–Crippen LogP) is 3.51. The summed E-state index contributed by atoms with van der Waals surface area (Å²) in [7, 11) is 8.05. The molecular formula is C66H106N10O17. The van der Waals surface area contributed by atoms with Crippen LogP contribution in [-0.2, 0) is 73.4 Å². The molecule has 0 bridgehead atoms. The van der Waals surface area contributed by atoms with Crippen molar-refractivity contribution in [1.29, 1.82) is 0 Å². The first kappa shape index (κ1) is 79.7. The van der Waals surface area contributed by atoms with E-state index in [-0.39, 0.29) is 87.1 Å². The number of carbonyl (C=O) groups is 12. The highest BCUT2D eigenvalue weighted by atomic mass is 16.6. The first-order chi connectivity index (χ1) is 43.7. The Morgan fingerprint density at radius 3 is 1.89 bits per heavy atom. The van der Waals surface area contributed by atoms with Crippen molar-refractivity contribution in [2.75, 3.05) is 68.1 Å². The van der Waals surface area contributed by atoms with Crippen LogP contribution in [0.4, 0.5) is 4.79 Å². The maximum absolute atomic E-state index is 14.8. The number of imide groups is 1. The van der Waals surface area contributed by atoms with Crippen LogP contribution in [0, 0.1) is 23.7 Å². The van der Waals surface area contributed by atoms with E-state index in [0.717, 1.165) is 17.1 Å². The van der Waals surface area contributed by atoms with Gasteiger partial charge >= 0.3 is 18.0 Å². The average Bonchev–Trinajstić information content (AvgIpc) is 1.80. The highest BCUT2D eigenvalue weighted by molar-refractivity contribution is 6.13. The number of nitrogens with zero attached hydrogens (tertiary/aromatic N) is 5. The molecule has 27 heteroatoms. The van der Waals surface area contributed by atoms with E-state index in [9.17, 15) is 67.7 Å². The average molecular weight is 1310 g/mol. The van der Waals surface area contributed by atoms with Gasteiger partial charge in [-0.25, -0.2) is 9.59 Å². The van der Waals surface area contributed by atoms with Gasteiger partial charge in [0, 0.05) is 92.5 Å². The number of ether oxygens (including phenoxy) is 3. The fourth-order valence-corrected chi connectivity index (χ4v) is 11.8. The van der Waals surface area contributed by atoms with E-state index in [0.29, 0.717) is 50.9 Å². The Balaban J connectivity index is 1.78.